The van der Waals surface area contributed by atoms with E-state index in [4.69, 9.17) is 0 Å². The largest absolute Gasteiger partial charge is 0.393 e. The van der Waals surface area contributed by atoms with Gasteiger partial charge in [0.25, 0.3) is 5.56 Å². The minimum atomic E-state index is -0.266. The zero-order valence-corrected chi connectivity index (χ0v) is 11.9. The molecule has 106 valence electrons. The zero-order valence-electron chi connectivity index (χ0n) is 11.9. The number of nitrogens with zero attached hydrogens (tertiary/aromatic N) is 3. The average Bonchev–Trinajstić information content (AvgIpc) is 2.38. The lowest BCUT2D eigenvalue weighted by atomic mass is 9.92. The molecule has 5 heteroatoms. The lowest BCUT2D eigenvalue weighted by Gasteiger charge is -2.33. The molecule has 1 unspecified atom stereocenters. The molecule has 5 nitrogen and oxygen atoms in total. The monoisotopic (exact) mass is 265 g/mol. The van der Waals surface area contributed by atoms with Gasteiger partial charge in [-0.3, -0.25) is 4.79 Å². The highest BCUT2D eigenvalue weighted by Gasteiger charge is 2.25. The molecule has 0 spiro atoms. The van der Waals surface area contributed by atoms with E-state index in [-0.39, 0.29) is 17.7 Å². The van der Waals surface area contributed by atoms with Gasteiger partial charge in [0, 0.05) is 31.5 Å². The maximum atomic E-state index is 12.3. The minimum Gasteiger partial charge on any atom is -0.393 e. The number of hydrogen-bond acceptors (Lipinski definition) is 4. The van der Waals surface area contributed by atoms with Crippen LogP contribution in [-0.4, -0.2) is 33.9 Å². The second-order valence-corrected chi connectivity index (χ2v) is 5.62. The third kappa shape index (κ3) is 2.97. The van der Waals surface area contributed by atoms with Gasteiger partial charge in [0.2, 0.25) is 0 Å². The number of anilines is 1. The van der Waals surface area contributed by atoms with Crippen molar-refractivity contribution in [1.29, 1.82) is 0 Å². The van der Waals surface area contributed by atoms with Crippen molar-refractivity contribution >= 4 is 5.82 Å². The predicted molar refractivity (Wildman–Crippen MR) is 75.5 cm³/mol. The summed E-state index contributed by atoms with van der Waals surface area (Å²) in [6.07, 6.45) is 4.99. The van der Waals surface area contributed by atoms with Gasteiger partial charge in [-0.25, -0.2) is 4.98 Å². The Bertz CT molecular complexity index is 474. The van der Waals surface area contributed by atoms with Crippen LogP contribution in [0.25, 0.3) is 0 Å². The molecule has 1 aliphatic rings. The van der Waals surface area contributed by atoms with Gasteiger partial charge in [-0.2, -0.15) is 0 Å². The molecule has 0 aliphatic carbocycles. The number of hydrogen-bond donors (Lipinski definition) is 1. The third-order valence-electron chi connectivity index (χ3n) is 3.93. The summed E-state index contributed by atoms with van der Waals surface area (Å²) in [5.74, 6) is 0.882. The summed E-state index contributed by atoms with van der Waals surface area (Å²) in [5, 5.41) is 9.61. The fourth-order valence-electron chi connectivity index (χ4n) is 2.63. The van der Waals surface area contributed by atoms with Crippen molar-refractivity contribution in [1.82, 2.24) is 9.55 Å². The van der Waals surface area contributed by atoms with Gasteiger partial charge in [0.05, 0.1) is 6.10 Å². The molecule has 2 heterocycles. The Morgan fingerprint density at radius 2 is 1.95 bits per heavy atom. The molecule has 0 bridgehead atoms. The van der Waals surface area contributed by atoms with E-state index in [1.165, 1.54) is 0 Å². The van der Waals surface area contributed by atoms with E-state index in [0.29, 0.717) is 11.7 Å². The van der Waals surface area contributed by atoms with Gasteiger partial charge in [-0.15, -0.1) is 0 Å². The highest BCUT2D eigenvalue weighted by molar-refractivity contribution is 5.36. The lowest BCUT2D eigenvalue weighted by molar-refractivity contribution is 0.109. The van der Waals surface area contributed by atoms with E-state index in [0.717, 1.165) is 25.9 Å². The first-order valence-electron chi connectivity index (χ1n) is 7.01. The van der Waals surface area contributed by atoms with Crippen LogP contribution in [0.4, 0.5) is 5.82 Å². The first kappa shape index (κ1) is 14.1. The fourth-order valence-corrected chi connectivity index (χ4v) is 2.63. The Balaban J connectivity index is 2.16. The molecule has 0 saturated carbocycles. The molecule has 0 radical (unpaired) electrons. The average molecular weight is 265 g/mol. The molecule has 1 aromatic rings. The van der Waals surface area contributed by atoms with Gasteiger partial charge < -0.3 is 14.6 Å². The normalized spacial score (nSPS) is 18.9. The summed E-state index contributed by atoms with van der Waals surface area (Å²) in [6, 6.07) is 0.143. The first-order valence-corrected chi connectivity index (χ1v) is 7.01. The maximum Gasteiger partial charge on any atom is 0.293 e. The van der Waals surface area contributed by atoms with Gasteiger partial charge >= 0.3 is 0 Å². The molecule has 1 fully saturated rings. The van der Waals surface area contributed by atoms with Crippen molar-refractivity contribution in [3.8, 4) is 0 Å². The van der Waals surface area contributed by atoms with Crippen molar-refractivity contribution in [2.45, 2.75) is 45.8 Å². The molecule has 19 heavy (non-hydrogen) atoms. The summed E-state index contributed by atoms with van der Waals surface area (Å²) in [7, 11) is 0. The Labute approximate surface area is 113 Å². The van der Waals surface area contributed by atoms with E-state index >= 15 is 0 Å². The quantitative estimate of drug-likeness (QED) is 0.898. The second-order valence-electron chi connectivity index (χ2n) is 5.62. The smallest absolute Gasteiger partial charge is 0.293 e. The number of rotatable bonds is 3. The van der Waals surface area contributed by atoms with Crippen LogP contribution in [0.1, 0.15) is 39.7 Å². The number of piperidine rings is 1. The molecule has 1 N–H and O–H groups in total. The summed E-state index contributed by atoms with van der Waals surface area (Å²) < 4.78 is 1.71. The Hall–Kier alpha value is -1.36. The minimum absolute atomic E-state index is 0.0204. The fraction of sp³-hybridized carbons (Fsp3) is 0.714. The van der Waals surface area contributed by atoms with Crippen LogP contribution in [0.3, 0.4) is 0 Å². The second kappa shape index (κ2) is 5.74. The standard InChI is InChI=1S/C14H23N3O2/c1-10(2)17-9-6-15-13(14(17)19)16-7-4-12(5-8-16)11(3)18/h6,9-12,18H,4-5,7-8H2,1-3H3. The highest BCUT2D eigenvalue weighted by Crippen LogP contribution is 2.22. The predicted octanol–water partition coefficient (Wildman–Crippen LogP) is 1.42. The molecule has 1 aromatic heterocycles. The van der Waals surface area contributed by atoms with E-state index in [1.54, 1.807) is 17.0 Å². The Morgan fingerprint density at radius 3 is 2.47 bits per heavy atom. The van der Waals surface area contributed by atoms with E-state index < -0.39 is 0 Å². The summed E-state index contributed by atoms with van der Waals surface area (Å²) in [4.78, 5) is 18.6. The molecule has 1 atom stereocenters. The number of aromatic nitrogens is 2. The van der Waals surface area contributed by atoms with Crippen LogP contribution < -0.4 is 10.5 Å². The van der Waals surface area contributed by atoms with Gasteiger partial charge in [0.1, 0.15) is 0 Å². The van der Waals surface area contributed by atoms with Gasteiger partial charge in [0.15, 0.2) is 5.82 Å². The molecule has 1 saturated heterocycles. The van der Waals surface area contributed by atoms with Crippen LogP contribution in [0.5, 0.6) is 0 Å². The summed E-state index contributed by atoms with van der Waals surface area (Å²) in [5.41, 5.74) is -0.0204. The van der Waals surface area contributed by atoms with Crippen molar-refractivity contribution in [3.05, 3.63) is 22.7 Å². The molecular weight excluding hydrogens is 242 g/mol. The molecule has 0 aromatic carbocycles. The van der Waals surface area contributed by atoms with Gasteiger partial charge in [-0.1, -0.05) is 0 Å². The van der Waals surface area contributed by atoms with Crippen LogP contribution in [0.15, 0.2) is 17.2 Å². The summed E-state index contributed by atoms with van der Waals surface area (Å²) in [6.45, 7) is 7.41. The maximum absolute atomic E-state index is 12.3. The number of aliphatic hydroxyl groups excluding tert-OH is 1. The van der Waals surface area contributed by atoms with Crippen molar-refractivity contribution in [3.63, 3.8) is 0 Å². The van der Waals surface area contributed by atoms with E-state index in [9.17, 15) is 9.90 Å². The number of aliphatic hydroxyl groups is 1. The summed E-state index contributed by atoms with van der Waals surface area (Å²) >= 11 is 0. The van der Waals surface area contributed by atoms with Gasteiger partial charge in [-0.05, 0) is 39.5 Å². The zero-order chi connectivity index (χ0) is 14.0. The van der Waals surface area contributed by atoms with E-state index in [2.05, 4.69) is 4.98 Å². The lowest BCUT2D eigenvalue weighted by Crippen LogP contribution is -2.41. The Morgan fingerprint density at radius 1 is 1.32 bits per heavy atom. The van der Waals surface area contributed by atoms with Crippen molar-refractivity contribution < 1.29 is 5.11 Å². The molecular formula is C14H23N3O2. The van der Waals surface area contributed by atoms with Crippen LogP contribution >= 0.6 is 0 Å². The van der Waals surface area contributed by atoms with Crippen LogP contribution in [-0.2, 0) is 0 Å². The Kier molecular flexibility index (Phi) is 4.24. The first-order chi connectivity index (χ1) is 9.00. The van der Waals surface area contributed by atoms with Crippen molar-refractivity contribution in [2.75, 3.05) is 18.0 Å². The van der Waals surface area contributed by atoms with Crippen LogP contribution in [0, 0.1) is 5.92 Å². The molecule has 2 rings (SSSR count). The SMILES string of the molecule is CC(O)C1CCN(c2nccn(C(C)C)c2=O)CC1. The van der Waals surface area contributed by atoms with E-state index in [1.807, 2.05) is 25.7 Å². The highest BCUT2D eigenvalue weighted by atomic mass is 16.3. The molecule has 1 aliphatic heterocycles. The topological polar surface area (TPSA) is 58.4 Å². The third-order valence-corrected chi connectivity index (χ3v) is 3.93. The van der Waals surface area contributed by atoms with Crippen LogP contribution in [0.2, 0.25) is 0 Å². The molecule has 0 amide bonds. The van der Waals surface area contributed by atoms with Crippen molar-refractivity contribution in [2.24, 2.45) is 5.92 Å².